The Bertz CT molecular complexity index is 1160. The summed E-state index contributed by atoms with van der Waals surface area (Å²) < 4.78 is 52.6. The van der Waals surface area contributed by atoms with Crippen LogP contribution in [0.15, 0.2) is 60.8 Å². The topological polar surface area (TPSA) is 57.3 Å². The highest BCUT2D eigenvalue weighted by molar-refractivity contribution is 5.83. The average molecular weight is 503 g/mol. The molecule has 1 unspecified atom stereocenters. The van der Waals surface area contributed by atoms with Crippen molar-refractivity contribution < 1.29 is 22.4 Å². The van der Waals surface area contributed by atoms with E-state index in [1.807, 2.05) is 43.3 Å². The first-order valence-electron chi connectivity index (χ1n) is 11.5. The number of hydrogen-bond donors (Lipinski definition) is 2. The van der Waals surface area contributed by atoms with Crippen molar-refractivity contribution in [3.05, 3.63) is 94.6 Å². The number of rotatable bonds is 9. The second-order valence-electron chi connectivity index (χ2n) is 8.85. The Kier molecular flexibility index (Phi) is 8.68. The summed E-state index contributed by atoms with van der Waals surface area (Å²) in [5, 5.41) is 6.07. The number of amides is 1. The van der Waals surface area contributed by atoms with Gasteiger partial charge >= 0.3 is 6.18 Å². The molecule has 0 saturated heterocycles. The number of nitrogens with zero attached hydrogens (tertiary/aromatic N) is 2. The van der Waals surface area contributed by atoms with E-state index in [0.717, 1.165) is 22.9 Å². The molecule has 0 aliphatic rings. The zero-order valence-electron chi connectivity index (χ0n) is 20.7. The zero-order valence-corrected chi connectivity index (χ0v) is 20.7. The molecule has 0 saturated carbocycles. The summed E-state index contributed by atoms with van der Waals surface area (Å²) in [4.78, 5) is 18.4. The summed E-state index contributed by atoms with van der Waals surface area (Å²) in [6, 6.07) is 13.6. The average Bonchev–Trinajstić information content (AvgIpc) is 2.85. The zero-order chi connectivity index (χ0) is 26.5. The molecular formula is C27H30F4N4O. The number of anilines is 1. The highest BCUT2D eigenvalue weighted by Gasteiger charge is 2.32. The van der Waals surface area contributed by atoms with Crippen LogP contribution in [0.5, 0.6) is 0 Å². The molecule has 0 aliphatic heterocycles. The molecule has 0 radical (unpaired) electrons. The van der Waals surface area contributed by atoms with Gasteiger partial charge < -0.3 is 10.2 Å². The van der Waals surface area contributed by atoms with Crippen molar-refractivity contribution in [3.63, 3.8) is 0 Å². The van der Waals surface area contributed by atoms with Crippen LogP contribution in [0.3, 0.4) is 0 Å². The molecule has 1 amide bonds. The Morgan fingerprint density at radius 2 is 1.69 bits per heavy atom. The summed E-state index contributed by atoms with van der Waals surface area (Å²) >= 11 is 0. The van der Waals surface area contributed by atoms with Gasteiger partial charge in [0, 0.05) is 39.1 Å². The second-order valence-corrected chi connectivity index (χ2v) is 8.85. The lowest BCUT2D eigenvalue weighted by Gasteiger charge is -2.26. The van der Waals surface area contributed by atoms with Gasteiger partial charge in [-0.1, -0.05) is 30.3 Å². The minimum absolute atomic E-state index is 0.243. The molecule has 0 spiro atoms. The molecule has 0 aliphatic carbocycles. The number of hydrogen-bond acceptors (Lipinski definition) is 4. The number of alkyl halides is 3. The van der Waals surface area contributed by atoms with E-state index in [1.54, 1.807) is 26.1 Å². The van der Waals surface area contributed by atoms with Crippen molar-refractivity contribution in [2.24, 2.45) is 0 Å². The number of pyridine rings is 1. The maximum atomic E-state index is 14.0. The largest absolute Gasteiger partial charge is 0.433 e. The van der Waals surface area contributed by atoms with Crippen LogP contribution in [-0.2, 0) is 17.4 Å². The van der Waals surface area contributed by atoms with Crippen LogP contribution in [0.25, 0.3) is 0 Å². The minimum Gasteiger partial charge on any atom is -0.378 e. The fourth-order valence-electron chi connectivity index (χ4n) is 3.92. The smallest absolute Gasteiger partial charge is 0.378 e. The normalized spacial score (nSPS) is 13.2. The maximum Gasteiger partial charge on any atom is 0.433 e. The van der Waals surface area contributed by atoms with E-state index in [2.05, 4.69) is 15.6 Å². The molecule has 3 aromatic rings. The third-order valence-electron chi connectivity index (χ3n) is 6.04. The summed E-state index contributed by atoms with van der Waals surface area (Å²) in [6.07, 6.45) is -2.44. The number of likely N-dealkylation sites (N-methyl/N-ethyl adjacent to an activating group) is 1. The van der Waals surface area contributed by atoms with Gasteiger partial charge in [0.2, 0.25) is 5.91 Å². The highest BCUT2D eigenvalue weighted by atomic mass is 19.4. The number of halogens is 4. The first kappa shape index (κ1) is 27.1. The summed E-state index contributed by atoms with van der Waals surface area (Å²) in [6.45, 7) is 1.66. The number of aromatic nitrogens is 1. The third-order valence-corrected chi connectivity index (χ3v) is 6.04. The first-order chi connectivity index (χ1) is 17.0. The minimum atomic E-state index is -4.50. The van der Waals surface area contributed by atoms with Gasteiger partial charge in [0.15, 0.2) is 0 Å². The van der Waals surface area contributed by atoms with Crippen LogP contribution in [0.1, 0.15) is 46.5 Å². The van der Waals surface area contributed by atoms with E-state index in [4.69, 9.17) is 0 Å². The SMILES string of the molecule is CNC(=O)C(N[C@H](CCc1ccc(C(F)(F)F)nc1)c1ccc(F)c(C)c1)c1ccc(N(C)C)cc1. The molecule has 5 nitrogen and oxygen atoms in total. The Morgan fingerprint density at radius 1 is 1.03 bits per heavy atom. The van der Waals surface area contributed by atoms with Crippen molar-refractivity contribution in [2.45, 2.75) is 38.0 Å². The van der Waals surface area contributed by atoms with E-state index >= 15 is 0 Å². The van der Waals surface area contributed by atoms with E-state index in [9.17, 15) is 22.4 Å². The van der Waals surface area contributed by atoms with Crippen molar-refractivity contribution in [3.8, 4) is 0 Å². The predicted molar refractivity (Wildman–Crippen MR) is 132 cm³/mol. The summed E-state index contributed by atoms with van der Waals surface area (Å²) in [5.74, 6) is -0.584. The van der Waals surface area contributed by atoms with Crippen LogP contribution >= 0.6 is 0 Å². The molecule has 1 heterocycles. The van der Waals surface area contributed by atoms with E-state index < -0.39 is 17.9 Å². The summed E-state index contributed by atoms with van der Waals surface area (Å²) in [7, 11) is 5.40. The van der Waals surface area contributed by atoms with Crippen LogP contribution in [-0.4, -0.2) is 32.0 Å². The van der Waals surface area contributed by atoms with Crippen LogP contribution < -0.4 is 15.5 Å². The van der Waals surface area contributed by atoms with E-state index in [1.165, 1.54) is 18.3 Å². The molecule has 192 valence electrons. The Morgan fingerprint density at radius 3 is 2.22 bits per heavy atom. The van der Waals surface area contributed by atoms with Crippen molar-refractivity contribution in [2.75, 3.05) is 26.0 Å². The highest BCUT2D eigenvalue weighted by Crippen LogP contribution is 2.29. The Hall–Kier alpha value is -3.46. The Balaban J connectivity index is 1.89. The van der Waals surface area contributed by atoms with Crippen molar-refractivity contribution in [1.82, 2.24) is 15.6 Å². The molecule has 0 bridgehead atoms. The lowest BCUT2D eigenvalue weighted by Crippen LogP contribution is -2.38. The van der Waals surface area contributed by atoms with E-state index in [0.29, 0.717) is 24.0 Å². The van der Waals surface area contributed by atoms with Gasteiger partial charge in [-0.25, -0.2) is 4.39 Å². The van der Waals surface area contributed by atoms with Crippen molar-refractivity contribution in [1.29, 1.82) is 0 Å². The number of carbonyl (C=O) groups is 1. The van der Waals surface area contributed by atoms with Crippen LogP contribution in [0.4, 0.5) is 23.2 Å². The predicted octanol–water partition coefficient (Wildman–Crippen LogP) is 5.36. The van der Waals surface area contributed by atoms with Gasteiger partial charge in [0.1, 0.15) is 17.6 Å². The molecule has 0 fully saturated rings. The molecule has 2 aromatic carbocycles. The Labute approximate surface area is 208 Å². The number of carbonyl (C=O) groups excluding carboxylic acids is 1. The van der Waals surface area contributed by atoms with Gasteiger partial charge in [0.25, 0.3) is 0 Å². The maximum absolute atomic E-state index is 14.0. The van der Waals surface area contributed by atoms with Gasteiger partial charge in [-0.05, 0) is 66.3 Å². The fourth-order valence-corrected chi connectivity index (χ4v) is 3.92. The standard InChI is InChI=1S/C27H30F4N4O/c1-17-15-20(9-12-22(17)28)23(13-5-18-6-14-24(33-16-18)27(29,30)31)34-25(26(36)32-2)19-7-10-21(11-8-19)35(3)4/h6-12,14-16,23,25,34H,5,13H2,1-4H3,(H,32,36)/t23-,25?/m1/s1. The van der Waals surface area contributed by atoms with Crippen molar-refractivity contribution >= 4 is 11.6 Å². The molecule has 2 N–H and O–H groups in total. The van der Waals surface area contributed by atoms with Gasteiger partial charge in [-0.2, -0.15) is 13.2 Å². The molecule has 36 heavy (non-hydrogen) atoms. The fraction of sp³-hybridized carbons (Fsp3) is 0.333. The monoisotopic (exact) mass is 502 g/mol. The second kappa shape index (κ2) is 11.5. The van der Waals surface area contributed by atoms with Gasteiger partial charge in [-0.15, -0.1) is 0 Å². The molecule has 2 atom stereocenters. The molecular weight excluding hydrogens is 472 g/mol. The number of aryl methyl sites for hydroxylation is 2. The van der Waals surface area contributed by atoms with Crippen LogP contribution in [0, 0.1) is 12.7 Å². The molecule has 9 heteroatoms. The lowest BCUT2D eigenvalue weighted by molar-refractivity contribution is -0.141. The quantitative estimate of drug-likeness (QED) is 0.387. The van der Waals surface area contributed by atoms with Gasteiger partial charge in [0.05, 0.1) is 0 Å². The van der Waals surface area contributed by atoms with Crippen LogP contribution in [0.2, 0.25) is 0 Å². The first-order valence-corrected chi connectivity index (χ1v) is 11.5. The number of benzene rings is 2. The lowest BCUT2D eigenvalue weighted by atomic mass is 9.95. The third kappa shape index (κ3) is 6.81. The van der Waals surface area contributed by atoms with E-state index in [-0.39, 0.29) is 17.8 Å². The summed E-state index contributed by atoms with van der Waals surface area (Å²) in [5.41, 5.74) is 2.64. The molecule has 1 aromatic heterocycles. The number of nitrogens with one attached hydrogen (secondary N) is 2. The van der Waals surface area contributed by atoms with Gasteiger partial charge in [-0.3, -0.25) is 15.1 Å². The molecule has 3 rings (SSSR count).